The van der Waals surface area contributed by atoms with E-state index in [1.807, 2.05) is 6.20 Å². The number of rotatable bonds is 9. The Morgan fingerprint density at radius 2 is 2.21 bits per heavy atom. The molecule has 0 saturated heterocycles. The van der Waals surface area contributed by atoms with Gasteiger partial charge in [-0.1, -0.05) is 26.0 Å². The number of nitrogens with one attached hydrogen (secondary N) is 2. The lowest BCUT2D eigenvalue weighted by molar-refractivity contribution is -0.121. The maximum Gasteiger partial charge on any atom is 0.241 e. The Morgan fingerprint density at radius 1 is 1.42 bits per heavy atom. The van der Waals surface area contributed by atoms with Crippen LogP contribution in [0.2, 0.25) is 0 Å². The summed E-state index contributed by atoms with van der Waals surface area (Å²) in [5, 5.41) is 14.1. The minimum absolute atomic E-state index is 0.0152. The second-order valence-corrected chi connectivity index (χ2v) is 5.12. The van der Waals surface area contributed by atoms with Crippen LogP contribution in [-0.2, 0) is 17.9 Å². The molecule has 0 aliphatic rings. The second-order valence-electron chi connectivity index (χ2n) is 5.12. The Bertz CT molecular complexity index is 375. The molecule has 0 spiro atoms. The van der Waals surface area contributed by atoms with Crippen molar-refractivity contribution in [3.63, 3.8) is 0 Å². The van der Waals surface area contributed by atoms with Gasteiger partial charge in [-0.15, -0.1) is 5.10 Å². The summed E-state index contributed by atoms with van der Waals surface area (Å²) in [4.78, 5) is 11.6. The van der Waals surface area contributed by atoms with E-state index in [1.54, 1.807) is 4.68 Å². The van der Waals surface area contributed by atoms with Gasteiger partial charge < -0.3 is 10.6 Å². The molecule has 0 aliphatic heterocycles. The minimum atomic E-state index is -0.0152. The molecule has 1 aromatic heterocycles. The first-order valence-electron chi connectivity index (χ1n) is 6.98. The molecule has 19 heavy (non-hydrogen) atoms. The van der Waals surface area contributed by atoms with Crippen LogP contribution >= 0.6 is 0 Å². The fourth-order valence-corrected chi connectivity index (χ4v) is 1.59. The van der Waals surface area contributed by atoms with Crippen LogP contribution in [0, 0.1) is 5.92 Å². The van der Waals surface area contributed by atoms with Gasteiger partial charge in [-0.3, -0.25) is 4.79 Å². The molecule has 2 N–H and O–H groups in total. The summed E-state index contributed by atoms with van der Waals surface area (Å²) < 4.78 is 1.58. The Labute approximate surface area is 115 Å². The molecule has 1 rings (SSSR count). The third-order valence-corrected chi connectivity index (χ3v) is 2.67. The lowest BCUT2D eigenvalue weighted by Gasteiger charge is -2.06. The van der Waals surface area contributed by atoms with Crippen molar-refractivity contribution in [1.82, 2.24) is 25.6 Å². The summed E-state index contributed by atoms with van der Waals surface area (Å²) in [7, 11) is 0. The van der Waals surface area contributed by atoms with Crippen LogP contribution in [0.1, 0.15) is 39.3 Å². The summed E-state index contributed by atoms with van der Waals surface area (Å²) in [5.74, 6) is 0.585. The average Bonchev–Trinajstić information content (AvgIpc) is 2.76. The summed E-state index contributed by atoms with van der Waals surface area (Å²) in [6.07, 6.45) is 3.90. The van der Waals surface area contributed by atoms with E-state index < -0.39 is 0 Å². The van der Waals surface area contributed by atoms with E-state index >= 15 is 0 Å². The predicted molar refractivity (Wildman–Crippen MR) is 74.5 cm³/mol. The summed E-state index contributed by atoms with van der Waals surface area (Å²) in [5.41, 5.74) is 0.864. The molecular formula is C13H25N5O. The molecule has 0 radical (unpaired) electrons. The normalized spacial score (nSPS) is 10.9. The Kier molecular flexibility index (Phi) is 7.10. The van der Waals surface area contributed by atoms with Gasteiger partial charge in [0.2, 0.25) is 5.91 Å². The van der Waals surface area contributed by atoms with Crippen LogP contribution in [0.25, 0.3) is 0 Å². The average molecular weight is 267 g/mol. The zero-order chi connectivity index (χ0) is 14.1. The van der Waals surface area contributed by atoms with Crippen molar-refractivity contribution in [2.75, 3.05) is 13.1 Å². The zero-order valence-electron chi connectivity index (χ0n) is 12.1. The quantitative estimate of drug-likeness (QED) is 0.653. The van der Waals surface area contributed by atoms with Crippen LogP contribution in [-0.4, -0.2) is 34.0 Å². The highest BCUT2D eigenvalue weighted by Crippen LogP contribution is 1.97. The van der Waals surface area contributed by atoms with E-state index in [-0.39, 0.29) is 12.5 Å². The highest BCUT2D eigenvalue weighted by Gasteiger charge is 2.05. The fraction of sp³-hybridized carbons (Fsp3) is 0.769. The van der Waals surface area contributed by atoms with E-state index in [9.17, 15) is 4.79 Å². The highest BCUT2D eigenvalue weighted by atomic mass is 16.2. The number of carbonyl (C=O) groups is 1. The number of hydrogen-bond donors (Lipinski definition) is 2. The number of hydrogen-bond acceptors (Lipinski definition) is 4. The smallest absolute Gasteiger partial charge is 0.241 e. The minimum Gasteiger partial charge on any atom is -0.354 e. The van der Waals surface area contributed by atoms with Gasteiger partial charge in [-0.25, -0.2) is 4.68 Å². The lowest BCUT2D eigenvalue weighted by Crippen LogP contribution is -2.29. The first-order chi connectivity index (χ1) is 9.11. The van der Waals surface area contributed by atoms with Crippen LogP contribution in [0.3, 0.4) is 0 Å². The van der Waals surface area contributed by atoms with Gasteiger partial charge in [-0.05, 0) is 25.3 Å². The monoisotopic (exact) mass is 267 g/mol. The Hall–Kier alpha value is -1.43. The van der Waals surface area contributed by atoms with Crippen molar-refractivity contribution in [3.05, 3.63) is 11.9 Å². The third kappa shape index (κ3) is 6.91. The molecule has 0 aromatic carbocycles. The second kappa shape index (κ2) is 8.63. The molecule has 0 fully saturated rings. The van der Waals surface area contributed by atoms with Gasteiger partial charge in [0.1, 0.15) is 6.54 Å². The molecule has 6 heteroatoms. The number of aromatic nitrogens is 3. The highest BCUT2D eigenvalue weighted by molar-refractivity contribution is 5.75. The van der Waals surface area contributed by atoms with Gasteiger partial charge >= 0.3 is 0 Å². The van der Waals surface area contributed by atoms with Crippen molar-refractivity contribution < 1.29 is 4.79 Å². The van der Waals surface area contributed by atoms with E-state index in [0.29, 0.717) is 12.5 Å². The summed E-state index contributed by atoms with van der Waals surface area (Å²) in [6, 6.07) is 0. The van der Waals surface area contributed by atoms with E-state index in [2.05, 4.69) is 41.7 Å². The molecule has 0 aliphatic carbocycles. The van der Waals surface area contributed by atoms with Crippen molar-refractivity contribution in [3.8, 4) is 0 Å². The first-order valence-corrected chi connectivity index (χ1v) is 6.98. The van der Waals surface area contributed by atoms with Crippen molar-refractivity contribution in [1.29, 1.82) is 0 Å². The molecule has 0 unspecified atom stereocenters. The van der Waals surface area contributed by atoms with Gasteiger partial charge in [0.25, 0.3) is 0 Å². The van der Waals surface area contributed by atoms with E-state index in [1.165, 1.54) is 0 Å². The molecule has 0 saturated carbocycles. The molecule has 1 heterocycles. The van der Waals surface area contributed by atoms with Gasteiger partial charge in [0.15, 0.2) is 0 Å². The number of amides is 1. The van der Waals surface area contributed by atoms with Crippen LogP contribution in [0.5, 0.6) is 0 Å². The maximum atomic E-state index is 11.6. The van der Waals surface area contributed by atoms with Crippen molar-refractivity contribution >= 4 is 5.91 Å². The van der Waals surface area contributed by atoms with Gasteiger partial charge in [0.05, 0.1) is 11.9 Å². The van der Waals surface area contributed by atoms with Crippen molar-refractivity contribution in [2.24, 2.45) is 5.92 Å². The molecule has 0 bridgehead atoms. The summed E-state index contributed by atoms with van der Waals surface area (Å²) >= 11 is 0. The van der Waals surface area contributed by atoms with E-state index in [4.69, 9.17) is 0 Å². The third-order valence-electron chi connectivity index (χ3n) is 2.67. The molecule has 6 nitrogen and oxygen atoms in total. The molecule has 108 valence electrons. The predicted octanol–water partition coefficient (Wildman–Crippen LogP) is 0.940. The lowest BCUT2D eigenvalue weighted by atomic mass is 10.1. The zero-order valence-corrected chi connectivity index (χ0v) is 12.1. The van der Waals surface area contributed by atoms with Gasteiger partial charge in [0, 0.05) is 13.1 Å². The largest absolute Gasteiger partial charge is 0.354 e. The van der Waals surface area contributed by atoms with Crippen LogP contribution < -0.4 is 10.6 Å². The molecule has 1 amide bonds. The van der Waals surface area contributed by atoms with Crippen molar-refractivity contribution in [2.45, 2.75) is 46.7 Å². The fourth-order valence-electron chi connectivity index (χ4n) is 1.59. The van der Waals surface area contributed by atoms with Crippen LogP contribution in [0.4, 0.5) is 0 Å². The maximum absolute atomic E-state index is 11.6. The molecule has 1 aromatic rings. The SMILES string of the molecule is CCCNCc1cn(CC(=O)NCCC(C)C)nn1. The number of carbonyl (C=O) groups excluding carboxylic acids is 1. The topological polar surface area (TPSA) is 71.8 Å². The van der Waals surface area contributed by atoms with Gasteiger partial charge in [-0.2, -0.15) is 0 Å². The Morgan fingerprint density at radius 3 is 2.89 bits per heavy atom. The number of nitrogens with zero attached hydrogens (tertiary/aromatic N) is 3. The first kappa shape index (κ1) is 15.6. The molecular weight excluding hydrogens is 242 g/mol. The van der Waals surface area contributed by atoms with Crippen LogP contribution in [0.15, 0.2) is 6.20 Å². The van der Waals surface area contributed by atoms with E-state index in [0.717, 1.165) is 31.6 Å². The molecule has 0 atom stereocenters. The summed E-state index contributed by atoms with van der Waals surface area (Å²) in [6.45, 7) is 9.00. The standard InChI is InChI=1S/C13H25N5O/c1-4-6-14-8-12-9-18(17-16-12)10-13(19)15-7-5-11(2)3/h9,11,14H,4-8,10H2,1-3H3,(H,15,19). The Balaban J connectivity index is 2.26.